The fraction of sp³-hybridized carbons (Fsp3) is 0.308. The quantitative estimate of drug-likeness (QED) is 0.484. The first-order valence-corrected chi connectivity index (χ1v) is 10.3. The Kier molecular flexibility index (Phi) is 6.80. The molecular formula is C26H31NO3. The van der Waals surface area contributed by atoms with Crippen molar-refractivity contribution in [3.63, 3.8) is 0 Å². The Balaban J connectivity index is 1.88. The zero-order valence-corrected chi connectivity index (χ0v) is 18.4. The minimum absolute atomic E-state index is 0.0727. The van der Waals surface area contributed by atoms with Gasteiger partial charge in [0.1, 0.15) is 11.5 Å². The predicted octanol–water partition coefficient (Wildman–Crippen LogP) is 6.31. The standard InChI is InChI=1S/C26H31NO3/c1-18-6-11-21(12-7-18)29-24-15-10-20(23(28)17-27-26(3,4)5)16-25(24)30-22-13-8-19(2)9-14-22/h6-16,23,27-28H,17H2,1-5H3. The summed E-state index contributed by atoms with van der Waals surface area (Å²) in [5.74, 6) is 2.61. The van der Waals surface area contributed by atoms with E-state index in [0.29, 0.717) is 23.8 Å². The number of β-amino-alcohol motifs (C(OH)–C–C–N with tert-alkyl or cyclic N) is 1. The van der Waals surface area contributed by atoms with Crippen LogP contribution in [0.1, 0.15) is 43.6 Å². The van der Waals surface area contributed by atoms with E-state index in [0.717, 1.165) is 16.9 Å². The molecule has 3 aromatic rings. The van der Waals surface area contributed by atoms with Gasteiger partial charge in [-0.15, -0.1) is 0 Å². The summed E-state index contributed by atoms with van der Waals surface area (Å²) < 4.78 is 12.2. The molecule has 158 valence electrons. The number of nitrogens with one attached hydrogen (secondary N) is 1. The molecule has 0 aliphatic carbocycles. The van der Waals surface area contributed by atoms with Crippen molar-refractivity contribution in [3.8, 4) is 23.0 Å². The smallest absolute Gasteiger partial charge is 0.170 e. The third-order valence-corrected chi connectivity index (χ3v) is 4.68. The number of hydrogen-bond acceptors (Lipinski definition) is 4. The molecule has 30 heavy (non-hydrogen) atoms. The molecule has 2 N–H and O–H groups in total. The zero-order valence-electron chi connectivity index (χ0n) is 18.4. The van der Waals surface area contributed by atoms with E-state index >= 15 is 0 Å². The van der Waals surface area contributed by atoms with E-state index in [1.165, 1.54) is 5.56 Å². The molecule has 0 saturated carbocycles. The molecule has 0 aliphatic heterocycles. The summed E-state index contributed by atoms with van der Waals surface area (Å²) >= 11 is 0. The van der Waals surface area contributed by atoms with Crippen molar-refractivity contribution in [2.75, 3.05) is 6.54 Å². The normalized spacial score (nSPS) is 12.5. The molecule has 0 aliphatic rings. The zero-order chi connectivity index (χ0) is 21.7. The largest absolute Gasteiger partial charge is 0.453 e. The molecule has 3 aromatic carbocycles. The third-order valence-electron chi connectivity index (χ3n) is 4.68. The van der Waals surface area contributed by atoms with E-state index in [1.807, 2.05) is 80.6 Å². The van der Waals surface area contributed by atoms with Crippen LogP contribution in [0, 0.1) is 13.8 Å². The molecule has 0 heterocycles. The number of rotatable bonds is 7. The molecule has 0 radical (unpaired) electrons. The minimum atomic E-state index is -0.655. The number of aliphatic hydroxyl groups is 1. The van der Waals surface area contributed by atoms with Gasteiger partial charge in [-0.05, 0) is 76.6 Å². The molecule has 0 amide bonds. The summed E-state index contributed by atoms with van der Waals surface area (Å²) in [4.78, 5) is 0. The van der Waals surface area contributed by atoms with Crippen molar-refractivity contribution in [2.24, 2.45) is 0 Å². The molecule has 3 rings (SSSR count). The lowest BCUT2D eigenvalue weighted by atomic mass is 10.1. The lowest BCUT2D eigenvalue weighted by Crippen LogP contribution is -2.38. The van der Waals surface area contributed by atoms with Gasteiger partial charge in [0.2, 0.25) is 0 Å². The Hall–Kier alpha value is -2.82. The maximum atomic E-state index is 10.7. The highest BCUT2D eigenvalue weighted by atomic mass is 16.5. The second-order valence-corrected chi connectivity index (χ2v) is 8.68. The van der Waals surface area contributed by atoms with Gasteiger partial charge in [-0.3, -0.25) is 0 Å². The van der Waals surface area contributed by atoms with Crippen LogP contribution in [-0.2, 0) is 0 Å². The van der Waals surface area contributed by atoms with Gasteiger partial charge in [0.15, 0.2) is 11.5 Å². The number of ether oxygens (including phenoxy) is 2. The molecule has 4 nitrogen and oxygen atoms in total. The Morgan fingerprint density at radius 3 is 1.77 bits per heavy atom. The van der Waals surface area contributed by atoms with Gasteiger partial charge in [-0.25, -0.2) is 0 Å². The first-order chi connectivity index (χ1) is 14.2. The van der Waals surface area contributed by atoms with E-state index in [9.17, 15) is 5.11 Å². The summed E-state index contributed by atoms with van der Waals surface area (Å²) in [7, 11) is 0. The number of benzene rings is 3. The maximum absolute atomic E-state index is 10.7. The number of hydrogen-bond donors (Lipinski definition) is 2. The Labute approximate surface area is 179 Å². The SMILES string of the molecule is Cc1ccc(Oc2ccc(C(O)CNC(C)(C)C)cc2Oc2ccc(C)cc2)cc1. The van der Waals surface area contributed by atoms with Crippen molar-refractivity contribution in [2.45, 2.75) is 46.3 Å². The van der Waals surface area contributed by atoms with Crippen LogP contribution in [-0.4, -0.2) is 17.2 Å². The molecule has 1 atom stereocenters. The summed E-state index contributed by atoms with van der Waals surface area (Å²) in [5.41, 5.74) is 3.03. The highest BCUT2D eigenvalue weighted by molar-refractivity contribution is 5.48. The molecular weight excluding hydrogens is 374 g/mol. The van der Waals surface area contributed by atoms with Crippen LogP contribution >= 0.6 is 0 Å². The Morgan fingerprint density at radius 2 is 1.27 bits per heavy atom. The van der Waals surface area contributed by atoms with Crippen molar-refractivity contribution < 1.29 is 14.6 Å². The molecule has 0 bridgehead atoms. The van der Waals surface area contributed by atoms with Gasteiger partial charge < -0.3 is 19.9 Å². The highest BCUT2D eigenvalue weighted by Crippen LogP contribution is 2.37. The van der Waals surface area contributed by atoms with Gasteiger partial charge in [0.25, 0.3) is 0 Å². The van der Waals surface area contributed by atoms with Crippen LogP contribution in [0.3, 0.4) is 0 Å². The molecule has 0 saturated heterocycles. The van der Waals surface area contributed by atoms with Gasteiger partial charge in [0.05, 0.1) is 6.10 Å². The second kappa shape index (κ2) is 9.33. The first kappa shape index (κ1) is 21.9. The van der Waals surface area contributed by atoms with Crippen molar-refractivity contribution in [3.05, 3.63) is 83.4 Å². The monoisotopic (exact) mass is 405 g/mol. The summed E-state index contributed by atoms with van der Waals surface area (Å²) in [5, 5.41) is 14.0. The fourth-order valence-electron chi connectivity index (χ4n) is 2.88. The van der Waals surface area contributed by atoms with Crippen molar-refractivity contribution in [1.29, 1.82) is 0 Å². The average Bonchev–Trinajstić information content (AvgIpc) is 2.70. The highest BCUT2D eigenvalue weighted by Gasteiger charge is 2.17. The van der Waals surface area contributed by atoms with Crippen LogP contribution in [0.4, 0.5) is 0 Å². The van der Waals surface area contributed by atoms with E-state index in [2.05, 4.69) is 26.1 Å². The molecule has 4 heteroatoms. The van der Waals surface area contributed by atoms with Crippen molar-refractivity contribution in [1.82, 2.24) is 5.32 Å². The minimum Gasteiger partial charge on any atom is -0.453 e. The van der Waals surface area contributed by atoms with Gasteiger partial charge in [-0.1, -0.05) is 41.5 Å². The summed E-state index contributed by atoms with van der Waals surface area (Å²) in [6, 6.07) is 21.3. The maximum Gasteiger partial charge on any atom is 0.170 e. The van der Waals surface area contributed by atoms with E-state index < -0.39 is 6.10 Å². The summed E-state index contributed by atoms with van der Waals surface area (Å²) in [6.45, 7) is 10.7. The van der Waals surface area contributed by atoms with Crippen LogP contribution in [0.15, 0.2) is 66.7 Å². The third kappa shape index (κ3) is 6.34. The molecule has 0 aromatic heterocycles. The fourth-order valence-corrected chi connectivity index (χ4v) is 2.88. The summed E-state index contributed by atoms with van der Waals surface area (Å²) in [6.07, 6.45) is -0.655. The van der Waals surface area contributed by atoms with E-state index in [4.69, 9.17) is 9.47 Å². The predicted molar refractivity (Wildman–Crippen MR) is 122 cm³/mol. The lowest BCUT2D eigenvalue weighted by Gasteiger charge is -2.23. The van der Waals surface area contributed by atoms with Crippen molar-refractivity contribution >= 4 is 0 Å². The van der Waals surface area contributed by atoms with Gasteiger partial charge in [-0.2, -0.15) is 0 Å². The van der Waals surface area contributed by atoms with Crippen LogP contribution in [0.5, 0.6) is 23.0 Å². The van der Waals surface area contributed by atoms with E-state index in [1.54, 1.807) is 0 Å². The number of aliphatic hydroxyl groups excluding tert-OH is 1. The lowest BCUT2D eigenvalue weighted by molar-refractivity contribution is 0.163. The van der Waals surface area contributed by atoms with Crippen LogP contribution in [0.25, 0.3) is 0 Å². The topological polar surface area (TPSA) is 50.7 Å². The van der Waals surface area contributed by atoms with Gasteiger partial charge in [0, 0.05) is 12.1 Å². The Morgan fingerprint density at radius 1 is 0.767 bits per heavy atom. The average molecular weight is 406 g/mol. The van der Waals surface area contributed by atoms with E-state index in [-0.39, 0.29) is 5.54 Å². The van der Waals surface area contributed by atoms with Crippen LogP contribution in [0.2, 0.25) is 0 Å². The van der Waals surface area contributed by atoms with Gasteiger partial charge >= 0.3 is 0 Å². The molecule has 0 fully saturated rings. The first-order valence-electron chi connectivity index (χ1n) is 10.3. The Bertz CT molecular complexity index is 957. The molecule has 1 unspecified atom stereocenters. The van der Waals surface area contributed by atoms with Crippen LogP contribution < -0.4 is 14.8 Å². The number of aryl methyl sites for hydroxylation is 2. The molecule has 0 spiro atoms. The second-order valence-electron chi connectivity index (χ2n) is 8.68.